The maximum atomic E-state index is 13.6. The van der Waals surface area contributed by atoms with Gasteiger partial charge in [-0.25, -0.2) is 4.98 Å². The molecule has 1 fully saturated rings. The van der Waals surface area contributed by atoms with Gasteiger partial charge < -0.3 is 10.6 Å². The number of rotatable bonds is 7. The van der Waals surface area contributed by atoms with Gasteiger partial charge in [-0.3, -0.25) is 4.79 Å². The van der Waals surface area contributed by atoms with Gasteiger partial charge in [-0.05, 0) is 62.6 Å². The van der Waals surface area contributed by atoms with E-state index in [1.165, 1.54) is 40.9 Å². The third-order valence-electron chi connectivity index (χ3n) is 5.74. The van der Waals surface area contributed by atoms with Crippen molar-refractivity contribution in [2.24, 2.45) is 5.92 Å². The summed E-state index contributed by atoms with van der Waals surface area (Å²) in [6.07, 6.45) is 3.26. The van der Waals surface area contributed by atoms with Crippen LogP contribution in [-0.4, -0.2) is 28.9 Å². The molecule has 1 aliphatic carbocycles. The summed E-state index contributed by atoms with van der Waals surface area (Å²) >= 11 is 1.39. The Morgan fingerprint density at radius 2 is 1.90 bits per heavy atom. The van der Waals surface area contributed by atoms with Crippen LogP contribution in [0.4, 0.5) is 5.13 Å². The zero-order valence-electron chi connectivity index (χ0n) is 17.9. The minimum atomic E-state index is -0.00309. The Morgan fingerprint density at radius 1 is 1.13 bits per heavy atom. The second kappa shape index (κ2) is 8.60. The second-order valence-corrected chi connectivity index (χ2v) is 9.50. The summed E-state index contributed by atoms with van der Waals surface area (Å²) in [6, 6.07) is 14.7. The van der Waals surface area contributed by atoms with Crippen molar-refractivity contribution in [1.82, 2.24) is 9.88 Å². The highest BCUT2D eigenvalue weighted by molar-refractivity contribution is 7.19. The Labute approximate surface area is 182 Å². The van der Waals surface area contributed by atoms with Gasteiger partial charge in [0, 0.05) is 13.1 Å². The standard InChI is InChI=1S/C25H29N3OS/c1-16-5-4-6-21(14-16)23-22(27-25(26)30-23)24(29)28(15-19-9-10-19)12-11-20-13-17(2)7-8-18(20)3/h4-8,13-14,19H,9-12,15H2,1-3H3,(H2,26,27). The molecule has 30 heavy (non-hydrogen) atoms. The van der Waals surface area contributed by atoms with Gasteiger partial charge in [0.25, 0.3) is 5.91 Å². The van der Waals surface area contributed by atoms with E-state index in [2.05, 4.69) is 56.1 Å². The summed E-state index contributed by atoms with van der Waals surface area (Å²) in [5.74, 6) is 0.614. The number of thiazole rings is 1. The molecule has 0 spiro atoms. The van der Waals surface area contributed by atoms with E-state index >= 15 is 0 Å². The lowest BCUT2D eigenvalue weighted by molar-refractivity contribution is 0.0745. The quantitative estimate of drug-likeness (QED) is 0.557. The molecule has 0 radical (unpaired) electrons. The zero-order valence-corrected chi connectivity index (χ0v) is 18.8. The van der Waals surface area contributed by atoms with E-state index in [1.807, 2.05) is 17.0 Å². The molecular formula is C25H29N3OS. The molecule has 0 bridgehead atoms. The average molecular weight is 420 g/mol. The largest absolute Gasteiger partial charge is 0.375 e. The number of amides is 1. The first kappa shape index (κ1) is 20.6. The molecule has 5 heteroatoms. The van der Waals surface area contributed by atoms with Crippen molar-refractivity contribution < 1.29 is 4.79 Å². The summed E-state index contributed by atoms with van der Waals surface area (Å²) in [4.78, 5) is 20.9. The molecule has 2 aromatic carbocycles. The van der Waals surface area contributed by atoms with Crippen molar-refractivity contribution in [2.75, 3.05) is 18.8 Å². The number of hydrogen-bond donors (Lipinski definition) is 1. The van der Waals surface area contributed by atoms with Gasteiger partial charge in [-0.1, -0.05) is 64.9 Å². The number of nitrogens with zero attached hydrogens (tertiary/aromatic N) is 2. The normalized spacial score (nSPS) is 13.4. The highest BCUT2D eigenvalue weighted by Gasteiger charge is 2.30. The van der Waals surface area contributed by atoms with Crippen LogP contribution in [0, 0.1) is 26.7 Å². The fourth-order valence-electron chi connectivity index (χ4n) is 3.83. The SMILES string of the molecule is Cc1cccc(-c2sc(N)nc2C(=O)N(CCc2cc(C)ccc2C)CC2CC2)c1. The number of aromatic nitrogens is 1. The first-order chi connectivity index (χ1) is 14.4. The number of hydrogen-bond acceptors (Lipinski definition) is 4. The van der Waals surface area contributed by atoms with Crippen LogP contribution >= 0.6 is 11.3 Å². The summed E-state index contributed by atoms with van der Waals surface area (Å²) in [5.41, 5.74) is 12.5. The maximum absolute atomic E-state index is 13.6. The van der Waals surface area contributed by atoms with E-state index in [-0.39, 0.29) is 5.91 Å². The van der Waals surface area contributed by atoms with E-state index < -0.39 is 0 Å². The molecular weight excluding hydrogens is 390 g/mol. The number of nitrogens with two attached hydrogens (primary N) is 1. The fourth-order valence-corrected chi connectivity index (χ4v) is 4.65. The summed E-state index contributed by atoms with van der Waals surface area (Å²) in [7, 11) is 0. The Hall–Kier alpha value is -2.66. The third kappa shape index (κ3) is 4.73. The minimum Gasteiger partial charge on any atom is -0.375 e. The van der Waals surface area contributed by atoms with Crippen LogP contribution in [-0.2, 0) is 6.42 Å². The first-order valence-corrected chi connectivity index (χ1v) is 11.4. The number of aryl methyl sites for hydroxylation is 3. The van der Waals surface area contributed by atoms with Crippen molar-refractivity contribution in [3.8, 4) is 10.4 Å². The van der Waals surface area contributed by atoms with Gasteiger partial charge in [-0.2, -0.15) is 0 Å². The van der Waals surface area contributed by atoms with E-state index in [0.717, 1.165) is 29.0 Å². The predicted molar refractivity (Wildman–Crippen MR) is 125 cm³/mol. The Balaban J connectivity index is 1.60. The van der Waals surface area contributed by atoms with Gasteiger partial charge in [-0.15, -0.1) is 0 Å². The summed E-state index contributed by atoms with van der Waals surface area (Å²) in [6.45, 7) is 7.80. The predicted octanol–water partition coefficient (Wildman–Crippen LogP) is 5.41. The van der Waals surface area contributed by atoms with Crippen LogP contribution in [0.3, 0.4) is 0 Å². The molecule has 1 saturated carbocycles. The molecule has 1 aliphatic rings. The summed E-state index contributed by atoms with van der Waals surface area (Å²) in [5, 5.41) is 0.441. The van der Waals surface area contributed by atoms with Crippen molar-refractivity contribution in [2.45, 2.75) is 40.0 Å². The lowest BCUT2D eigenvalue weighted by Crippen LogP contribution is -2.35. The maximum Gasteiger partial charge on any atom is 0.274 e. The lowest BCUT2D eigenvalue weighted by atomic mass is 10.0. The second-order valence-electron chi connectivity index (χ2n) is 8.47. The van der Waals surface area contributed by atoms with Crippen LogP contribution in [0.15, 0.2) is 42.5 Å². The highest BCUT2D eigenvalue weighted by Crippen LogP contribution is 2.35. The van der Waals surface area contributed by atoms with Crippen LogP contribution in [0.25, 0.3) is 10.4 Å². The average Bonchev–Trinajstić information content (AvgIpc) is 3.45. The van der Waals surface area contributed by atoms with Crippen LogP contribution in [0.5, 0.6) is 0 Å². The van der Waals surface area contributed by atoms with Crippen LogP contribution in [0.1, 0.15) is 45.6 Å². The molecule has 1 aromatic heterocycles. The number of carbonyl (C=O) groups excluding carboxylic acids is 1. The minimum absolute atomic E-state index is 0.00309. The lowest BCUT2D eigenvalue weighted by Gasteiger charge is -2.23. The zero-order chi connectivity index (χ0) is 21.3. The molecule has 1 heterocycles. The summed E-state index contributed by atoms with van der Waals surface area (Å²) < 4.78 is 0. The van der Waals surface area contributed by atoms with Gasteiger partial charge >= 0.3 is 0 Å². The van der Waals surface area contributed by atoms with E-state index in [0.29, 0.717) is 23.3 Å². The number of nitrogen functional groups attached to an aromatic ring is 1. The highest BCUT2D eigenvalue weighted by atomic mass is 32.1. The molecule has 4 rings (SSSR count). The van der Waals surface area contributed by atoms with Crippen molar-refractivity contribution in [1.29, 1.82) is 0 Å². The molecule has 1 amide bonds. The molecule has 4 nitrogen and oxygen atoms in total. The first-order valence-electron chi connectivity index (χ1n) is 10.6. The molecule has 156 valence electrons. The van der Waals surface area contributed by atoms with Crippen molar-refractivity contribution in [3.05, 3.63) is 70.4 Å². The van der Waals surface area contributed by atoms with E-state index in [4.69, 9.17) is 5.73 Å². The van der Waals surface area contributed by atoms with E-state index in [1.54, 1.807) is 0 Å². The molecule has 0 saturated heterocycles. The fraction of sp³-hybridized carbons (Fsp3) is 0.360. The number of benzene rings is 2. The monoisotopic (exact) mass is 419 g/mol. The molecule has 2 N–H and O–H groups in total. The third-order valence-corrected chi connectivity index (χ3v) is 6.68. The van der Waals surface area contributed by atoms with Crippen molar-refractivity contribution >= 4 is 22.4 Å². The van der Waals surface area contributed by atoms with Crippen LogP contribution < -0.4 is 5.73 Å². The molecule has 0 unspecified atom stereocenters. The topological polar surface area (TPSA) is 59.2 Å². The number of carbonyl (C=O) groups is 1. The van der Waals surface area contributed by atoms with Crippen LogP contribution in [0.2, 0.25) is 0 Å². The van der Waals surface area contributed by atoms with Gasteiger partial charge in [0.2, 0.25) is 0 Å². The van der Waals surface area contributed by atoms with Gasteiger partial charge in [0.05, 0.1) is 4.88 Å². The van der Waals surface area contributed by atoms with Gasteiger partial charge in [0.15, 0.2) is 5.13 Å². The van der Waals surface area contributed by atoms with E-state index in [9.17, 15) is 4.79 Å². The molecule has 3 aromatic rings. The smallest absolute Gasteiger partial charge is 0.274 e. The Bertz CT molecular complexity index is 1070. The van der Waals surface area contributed by atoms with Crippen molar-refractivity contribution in [3.63, 3.8) is 0 Å². The Kier molecular flexibility index (Phi) is 5.91. The molecule has 0 atom stereocenters. The molecule has 0 aliphatic heterocycles. The van der Waals surface area contributed by atoms with Gasteiger partial charge in [0.1, 0.15) is 5.69 Å². The Morgan fingerprint density at radius 3 is 2.63 bits per heavy atom. The number of anilines is 1.